The number of halogens is 1. The van der Waals surface area contributed by atoms with Crippen LogP contribution in [0.1, 0.15) is 24.1 Å². The molecule has 0 saturated carbocycles. The summed E-state index contributed by atoms with van der Waals surface area (Å²) in [6, 6.07) is 0. The molecule has 0 bridgehead atoms. The number of aromatic nitrogens is 4. The molecule has 2 aromatic rings. The summed E-state index contributed by atoms with van der Waals surface area (Å²) in [7, 11) is 0. The number of hydrogen-bond acceptors (Lipinski definition) is 2. The van der Waals surface area contributed by atoms with Gasteiger partial charge in [-0.3, -0.25) is 4.68 Å². The van der Waals surface area contributed by atoms with Crippen molar-refractivity contribution in [1.29, 1.82) is 0 Å². The van der Waals surface area contributed by atoms with Gasteiger partial charge in [-0.15, -0.1) is 0 Å². The molecule has 0 aliphatic heterocycles. The molecule has 0 saturated heterocycles. The second-order valence-electron chi connectivity index (χ2n) is 3.76. The normalized spacial score (nSPS) is 11.0. The molecule has 0 spiro atoms. The number of nitrogens with zero attached hydrogens (tertiary/aromatic N) is 4. The second-order valence-corrected chi connectivity index (χ2v) is 4.14. The molecule has 2 rings (SSSR count). The van der Waals surface area contributed by atoms with Crippen LogP contribution in [-0.4, -0.2) is 19.3 Å². The van der Waals surface area contributed by atoms with Crippen LogP contribution in [-0.2, 0) is 13.1 Å². The molecular weight excluding hydrogens is 224 g/mol. The van der Waals surface area contributed by atoms with Gasteiger partial charge in [-0.05, 0) is 20.8 Å². The van der Waals surface area contributed by atoms with Crippen molar-refractivity contribution in [3.05, 3.63) is 34.6 Å². The summed E-state index contributed by atoms with van der Waals surface area (Å²) in [5.41, 5.74) is 1.93. The van der Waals surface area contributed by atoms with Crippen molar-refractivity contribution in [2.24, 2.45) is 0 Å². The molecule has 0 aromatic carbocycles. The maximum absolute atomic E-state index is 6.24. The molecule has 0 unspecified atom stereocenters. The van der Waals surface area contributed by atoms with Crippen molar-refractivity contribution in [2.75, 3.05) is 0 Å². The fraction of sp³-hybridized carbons (Fsp3) is 0.455. The quantitative estimate of drug-likeness (QED) is 0.823. The van der Waals surface area contributed by atoms with E-state index in [-0.39, 0.29) is 0 Å². The Bertz CT molecular complexity index is 498. The minimum atomic E-state index is 0.722. The fourth-order valence-electron chi connectivity index (χ4n) is 1.75. The van der Waals surface area contributed by atoms with Crippen LogP contribution in [0.5, 0.6) is 0 Å². The third kappa shape index (κ3) is 1.85. The van der Waals surface area contributed by atoms with Gasteiger partial charge in [0.05, 0.1) is 23.0 Å². The third-order valence-corrected chi connectivity index (χ3v) is 3.19. The lowest BCUT2D eigenvalue weighted by atomic mass is 10.3. The SMILES string of the molecule is CCn1nc(C)c(Cl)c1Cn1ccnc1C. The van der Waals surface area contributed by atoms with E-state index in [1.807, 2.05) is 24.7 Å². The molecule has 0 N–H and O–H groups in total. The average molecular weight is 239 g/mol. The zero-order chi connectivity index (χ0) is 11.7. The van der Waals surface area contributed by atoms with Crippen LogP contribution in [0.25, 0.3) is 0 Å². The Kier molecular flexibility index (Phi) is 3.01. The predicted molar refractivity (Wildman–Crippen MR) is 63.7 cm³/mol. The van der Waals surface area contributed by atoms with Crippen LogP contribution < -0.4 is 0 Å². The van der Waals surface area contributed by atoms with Gasteiger partial charge in [0.25, 0.3) is 0 Å². The van der Waals surface area contributed by atoms with Gasteiger partial charge in [0.2, 0.25) is 0 Å². The Morgan fingerprint density at radius 2 is 2.12 bits per heavy atom. The summed E-state index contributed by atoms with van der Waals surface area (Å²) in [6.45, 7) is 7.52. The summed E-state index contributed by atoms with van der Waals surface area (Å²) in [5, 5.41) is 5.15. The third-order valence-electron chi connectivity index (χ3n) is 2.70. The molecule has 5 heteroatoms. The standard InChI is InChI=1S/C11H15ClN4/c1-4-16-10(11(12)8(2)14-16)7-15-6-5-13-9(15)3/h5-6H,4,7H2,1-3H3. The Hall–Kier alpha value is -1.29. The van der Waals surface area contributed by atoms with Gasteiger partial charge in [-0.1, -0.05) is 11.6 Å². The van der Waals surface area contributed by atoms with E-state index in [9.17, 15) is 0 Å². The van der Waals surface area contributed by atoms with Gasteiger partial charge in [0, 0.05) is 18.9 Å². The van der Waals surface area contributed by atoms with Crippen molar-refractivity contribution in [3.63, 3.8) is 0 Å². The van der Waals surface area contributed by atoms with E-state index in [2.05, 4.69) is 21.6 Å². The summed E-state index contributed by atoms with van der Waals surface area (Å²) in [4.78, 5) is 4.19. The van der Waals surface area contributed by atoms with E-state index in [0.717, 1.165) is 35.3 Å². The van der Waals surface area contributed by atoms with E-state index in [4.69, 9.17) is 11.6 Å². The Morgan fingerprint density at radius 1 is 1.38 bits per heavy atom. The summed E-state index contributed by atoms with van der Waals surface area (Å²) < 4.78 is 4.01. The molecule has 0 aliphatic rings. The van der Waals surface area contributed by atoms with E-state index < -0.39 is 0 Å². The van der Waals surface area contributed by atoms with Crippen LogP contribution in [0.2, 0.25) is 5.02 Å². The molecule has 2 aromatic heterocycles. The van der Waals surface area contributed by atoms with Gasteiger partial charge in [-0.25, -0.2) is 4.98 Å². The van der Waals surface area contributed by atoms with Crippen LogP contribution in [0.3, 0.4) is 0 Å². The highest BCUT2D eigenvalue weighted by molar-refractivity contribution is 6.31. The monoisotopic (exact) mass is 238 g/mol. The zero-order valence-corrected chi connectivity index (χ0v) is 10.5. The Balaban J connectivity index is 2.37. The zero-order valence-electron chi connectivity index (χ0n) is 9.74. The van der Waals surface area contributed by atoms with Crippen molar-refractivity contribution in [3.8, 4) is 0 Å². The van der Waals surface area contributed by atoms with Crippen molar-refractivity contribution >= 4 is 11.6 Å². The molecule has 0 fully saturated rings. The first-order chi connectivity index (χ1) is 7.63. The van der Waals surface area contributed by atoms with E-state index in [1.54, 1.807) is 6.20 Å². The summed E-state index contributed by atoms with van der Waals surface area (Å²) >= 11 is 6.24. The van der Waals surface area contributed by atoms with Crippen LogP contribution >= 0.6 is 11.6 Å². The van der Waals surface area contributed by atoms with E-state index in [1.165, 1.54) is 0 Å². The van der Waals surface area contributed by atoms with Gasteiger partial charge in [0.1, 0.15) is 5.82 Å². The largest absolute Gasteiger partial charge is 0.329 e. The smallest absolute Gasteiger partial charge is 0.105 e. The predicted octanol–water partition coefficient (Wildman–Crippen LogP) is 2.42. The molecule has 0 aliphatic carbocycles. The highest BCUT2D eigenvalue weighted by Crippen LogP contribution is 2.21. The maximum atomic E-state index is 6.24. The number of hydrogen-bond donors (Lipinski definition) is 0. The first-order valence-electron chi connectivity index (χ1n) is 5.33. The summed E-state index contributed by atoms with van der Waals surface area (Å²) in [5.74, 6) is 0.984. The lowest BCUT2D eigenvalue weighted by Gasteiger charge is -2.07. The second kappa shape index (κ2) is 4.29. The average Bonchev–Trinajstić information content (AvgIpc) is 2.78. The molecule has 4 nitrogen and oxygen atoms in total. The molecule has 0 amide bonds. The molecule has 2 heterocycles. The minimum absolute atomic E-state index is 0.722. The maximum Gasteiger partial charge on any atom is 0.105 e. The van der Waals surface area contributed by atoms with Gasteiger partial charge < -0.3 is 4.57 Å². The highest BCUT2D eigenvalue weighted by Gasteiger charge is 2.13. The summed E-state index contributed by atoms with van der Waals surface area (Å²) in [6.07, 6.45) is 3.75. The number of rotatable bonds is 3. The van der Waals surface area contributed by atoms with E-state index in [0.29, 0.717) is 0 Å². The molecule has 86 valence electrons. The molecule has 16 heavy (non-hydrogen) atoms. The first kappa shape index (κ1) is 11.2. The van der Waals surface area contributed by atoms with Crippen molar-refractivity contribution in [2.45, 2.75) is 33.9 Å². The fourth-order valence-corrected chi connectivity index (χ4v) is 1.95. The topological polar surface area (TPSA) is 35.6 Å². The molecule has 0 atom stereocenters. The Morgan fingerprint density at radius 3 is 2.69 bits per heavy atom. The van der Waals surface area contributed by atoms with E-state index >= 15 is 0 Å². The lowest BCUT2D eigenvalue weighted by Crippen LogP contribution is -2.08. The Labute approximate surface area is 99.9 Å². The number of imidazole rings is 1. The van der Waals surface area contributed by atoms with Crippen molar-refractivity contribution in [1.82, 2.24) is 19.3 Å². The first-order valence-corrected chi connectivity index (χ1v) is 5.70. The van der Waals surface area contributed by atoms with Crippen molar-refractivity contribution < 1.29 is 0 Å². The van der Waals surface area contributed by atoms with Crippen LogP contribution in [0, 0.1) is 13.8 Å². The number of aryl methyl sites for hydroxylation is 3. The lowest BCUT2D eigenvalue weighted by molar-refractivity contribution is 0.593. The highest BCUT2D eigenvalue weighted by atomic mass is 35.5. The minimum Gasteiger partial charge on any atom is -0.329 e. The van der Waals surface area contributed by atoms with Gasteiger partial charge in [-0.2, -0.15) is 5.10 Å². The van der Waals surface area contributed by atoms with Gasteiger partial charge in [0.15, 0.2) is 0 Å². The molecule has 0 radical (unpaired) electrons. The van der Waals surface area contributed by atoms with Crippen LogP contribution in [0.15, 0.2) is 12.4 Å². The van der Waals surface area contributed by atoms with Gasteiger partial charge >= 0.3 is 0 Å². The molecular formula is C11H15ClN4. The van der Waals surface area contributed by atoms with Crippen LogP contribution in [0.4, 0.5) is 0 Å².